The molecule has 15 heavy (non-hydrogen) atoms. The molecule has 0 spiro atoms. The Labute approximate surface area is 90.3 Å². The highest BCUT2D eigenvalue weighted by atomic mass is 16.5. The second-order valence-electron chi connectivity index (χ2n) is 4.64. The predicted octanol–water partition coefficient (Wildman–Crippen LogP) is 2.32. The molecule has 1 aromatic carbocycles. The number of aromatic hydroxyl groups is 1. The molecular weight excluding hydrogens is 192 g/mol. The fourth-order valence-corrected chi connectivity index (χ4v) is 0.943. The van der Waals surface area contributed by atoms with Gasteiger partial charge in [0.05, 0.1) is 5.60 Å². The first-order valence-corrected chi connectivity index (χ1v) is 4.93. The van der Waals surface area contributed by atoms with Crippen LogP contribution in [-0.4, -0.2) is 21.4 Å². The van der Waals surface area contributed by atoms with Crippen molar-refractivity contribution in [1.29, 1.82) is 0 Å². The third-order valence-electron chi connectivity index (χ3n) is 2.70. The molecule has 0 aliphatic rings. The molecule has 2 N–H and O–H groups in total. The van der Waals surface area contributed by atoms with Crippen LogP contribution in [0.4, 0.5) is 0 Å². The van der Waals surface area contributed by atoms with Crippen molar-refractivity contribution in [3.05, 3.63) is 24.3 Å². The summed E-state index contributed by atoms with van der Waals surface area (Å²) in [5, 5.41) is 19.4. The molecule has 3 nitrogen and oxygen atoms in total. The summed E-state index contributed by atoms with van der Waals surface area (Å²) in [6.45, 7) is 6.90. The lowest BCUT2D eigenvalue weighted by Crippen LogP contribution is -2.49. The van der Waals surface area contributed by atoms with Gasteiger partial charge < -0.3 is 14.9 Å². The minimum absolute atomic E-state index is 0.0785. The van der Waals surface area contributed by atoms with Gasteiger partial charge in [-0.3, -0.25) is 0 Å². The van der Waals surface area contributed by atoms with Crippen molar-refractivity contribution < 1.29 is 14.9 Å². The van der Waals surface area contributed by atoms with Gasteiger partial charge in [0, 0.05) is 0 Å². The van der Waals surface area contributed by atoms with Crippen molar-refractivity contribution in [1.82, 2.24) is 0 Å². The van der Waals surface area contributed by atoms with Crippen molar-refractivity contribution in [2.45, 2.75) is 38.9 Å². The molecule has 0 fully saturated rings. The number of para-hydroxylation sites is 2. The average molecular weight is 210 g/mol. The largest absolute Gasteiger partial charge is 0.504 e. The first kappa shape index (κ1) is 11.9. The van der Waals surface area contributed by atoms with Crippen molar-refractivity contribution in [3.8, 4) is 11.5 Å². The first-order valence-electron chi connectivity index (χ1n) is 4.93. The second kappa shape index (κ2) is 3.74. The standard InChI is InChI=1S/C12H18O3/c1-11(2,14)12(3,4)15-10-8-6-5-7-9(10)13/h5-8,13-14H,1-4H3. The highest BCUT2D eigenvalue weighted by Gasteiger charge is 2.37. The predicted molar refractivity (Wildman–Crippen MR) is 59.1 cm³/mol. The van der Waals surface area contributed by atoms with E-state index in [0.717, 1.165) is 0 Å². The fraction of sp³-hybridized carbons (Fsp3) is 0.500. The molecule has 0 amide bonds. The number of ether oxygens (including phenoxy) is 1. The number of benzene rings is 1. The molecule has 0 saturated carbocycles. The van der Waals surface area contributed by atoms with E-state index in [1.54, 1.807) is 52.0 Å². The number of hydrogen-bond acceptors (Lipinski definition) is 3. The van der Waals surface area contributed by atoms with Crippen molar-refractivity contribution in [2.24, 2.45) is 0 Å². The summed E-state index contributed by atoms with van der Waals surface area (Å²) in [6, 6.07) is 6.72. The van der Waals surface area contributed by atoms with E-state index in [1.807, 2.05) is 0 Å². The highest BCUT2D eigenvalue weighted by Crippen LogP contribution is 2.32. The molecule has 1 rings (SSSR count). The zero-order valence-electron chi connectivity index (χ0n) is 9.61. The molecule has 84 valence electrons. The van der Waals surface area contributed by atoms with Crippen LogP contribution in [0.3, 0.4) is 0 Å². The van der Waals surface area contributed by atoms with Crippen LogP contribution < -0.4 is 4.74 Å². The Kier molecular flexibility index (Phi) is 2.95. The Hall–Kier alpha value is -1.22. The Balaban J connectivity index is 2.92. The van der Waals surface area contributed by atoms with E-state index in [-0.39, 0.29) is 5.75 Å². The maximum atomic E-state index is 9.89. The van der Waals surface area contributed by atoms with Gasteiger partial charge in [0.1, 0.15) is 5.60 Å². The lowest BCUT2D eigenvalue weighted by molar-refractivity contribution is -0.0914. The quantitative estimate of drug-likeness (QED) is 0.805. The molecule has 0 bridgehead atoms. The number of hydrogen-bond donors (Lipinski definition) is 2. The summed E-state index contributed by atoms with van der Waals surface area (Å²) in [6.07, 6.45) is 0. The lowest BCUT2D eigenvalue weighted by Gasteiger charge is -2.37. The zero-order valence-corrected chi connectivity index (χ0v) is 9.61. The van der Waals surface area contributed by atoms with Crippen molar-refractivity contribution in [2.75, 3.05) is 0 Å². The molecule has 0 aliphatic carbocycles. The van der Waals surface area contributed by atoms with E-state index in [9.17, 15) is 10.2 Å². The van der Waals surface area contributed by atoms with E-state index in [4.69, 9.17) is 4.74 Å². The topological polar surface area (TPSA) is 49.7 Å². The molecule has 1 aromatic rings. The fourth-order valence-electron chi connectivity index (χ4n) is 0.943. The van der Waals surface area contributed by atoms with Crippen LogP contribution in [0.15, 0.2) is 24.3 Å². The molecule has 0 unspecified atom stereocenters. The summed E-state index contributed by atoms with van der Waals surface area (Å²) in [5.41, 5.74) is -1.76. The van der Waals surface area contributed by atoms with Crippen molar-refractivity contribution >= 4 is 0 Å². The Morgan fingerprint density at radius 3 is 2.07 bits per heavy atom. The smallest absolute Gasteiger partial charge is 0.161 e. The highest BCUT2D eigenvalue weighted by molar-refractivity contribution is 5.38. The normalized spacial score (nSPS) is 12.6. The molecular formula is C12H18O3. The van der Waals surface area contributed by atoms with Crippen LogP contribution >= 0.6 is 0 Å². The minimum atomic E-state index is -0.991. The zero-order chi connectivity index (χ0) is 11.7. The second-order valence-corrected chi connectivity index (χ2v) is 4.64. The van der Waals surface area contributed by atoms with E-state index in [1.165, 1.54) is 0 Å². The van der Waals surface area contributed by atoms with Crippen LogP contribution in [0.1, 0.15) is 27.7 Å². The molecule has 0 atom stereocenters. The molecule has 0 heterocycles. The van der Waals surface area contributed by atoms with Gasteiger partial charge in [-0.05, 0) is 39.8 Å². The Morgan fingerprint density at radius 2 is 1.60 bits per heavy atom. The van der Waals surface area contributed by atoms with Gasteiger partial charge in [0.2, 0.25) is 0 Å². The monoisotopic (exact) mass is 210 g/mol. The van der Waals surface area contributed by atoms with Crippen LogP contribution in [0.5, 0.6) is 11.5 Å². The van der Waals surface area contributed by atoms with Gasteiger partial charge in [-0.25, -0.2) is 0 Å². The van der Waals surface area contributed by atoms with Crippen LogP contribution in [-0.2, 0) is 0 Å². The third-order valence-corrected chi connectivity index (χ3v) is 2.70. The van der Waals surface area contributed by atoms with Crippen molar-refractivity contribution in [3.63, 3.8) is 0 Å². The summed E-state index contributed by atoms with van der Waals surface area (Å²) >= 11 is 0. The summed E-state index contributed by atoms with van der Waals surface area (Å²) in [7, 11) is 0. The Morgan fingerprint density at radius 1 is 1.07 bits per heavy atom. The summed E-state index contributed by atoms with van der Waals surface area (Å²) in [5.74, 6) is 0.458. The summed E-state index contributed by atoms with van der Waals surface area (Å²) < 4.78 is 5.60. The number of phenols is 1. The first-order chi connectivity index (χ1) is 6.74. The van der Waals surface area contributed by atoms with Crippen LogP contribution in [0, 0.1) is 0 Å². The van der Waals surface area contributed by atoms with E-state index < -0.39 is 11.2 Å². The molecule has 0 aromatic heterocycles. The van der Waals surface area contributed by atoms with Gasteiger partial charge in [-0.15, -0.1) is 0 Å². The molecule has 3 heteroatoms. The average Bonchev–Trinajstić information content (AvgIpc) is 2.06. The maximum absolute atomic E-state index is 9.89. The van der Waals surface area contributed by atoms with Gasteiger partial charge in [-0.1, -0.05) is 12.1 Å². The van der Waals surface area contributed by atoms with Crippen LogP contribution in [0.2, 0.25) is 0 Å². The van der Waals surface area contributed by atoms with E-state index in [2.05, 4.69) is 0 Å². The number of rotatable bonds is 3. The van der Waals surface area contributed by atoms with E-state index in [0.29, 0.717) is 5.75 Å². The SMILES string of the molecule is CC(C)(O)C(C)(C)Oc1ccccc1O. The third kappa shape index (κ3) is 2.63. The van der Waals surface area contributed by atoms with Gasteiger partial charge in [-0.2, -0.15) is 0 Å². The number of aliphatic hydroxyl groups is 1. The lowest BCUT2D eigenvalue weighted by atomic mass is 9.89. The molecule has 0 saturated heterocycles. The minimum Gasteiger partial charge on any atom is -0.504 e. The van der Waals surface area contributed by atoms with Crippen LogP contribution in [0.25, 0.3) is 0 Å². The van der Waals surface area contributed by atoms with E-state index >= 15 is 0 Å². The summed E-state index contributed by atoms with van der Waals surface area (Å²) in [4.78, 5) is 0. The maximum Gasteiger partial charge on any atom is 0.161 e. The van der Waals surface area contributed by atoms with Gasteiger partial charge >= 0.3 is 0 Å². The molecule has 0 radical (unpaired) electrons. The van der Waals surface area contributed by atoms with Gasteiger partial charge in [0.25, 0.3) is 0 Å². The Bertz CT molecular complexity index is 337. The molecule has 0 aliphatic heterocycles. The number of phenolic OH excluding ortho intramolecular Hbond substituents is 1. The van der Waals surface area contributed by atoms with Gasteiger partial charge in [0.15, 0.2) is 11.5 Å².